The van der Waals surface area contributed by atoms with Gasteiger partial charge in [-0.1, -0.05) is 6.92 Å². The first-order valence-electron chi connectivity index (χ1n) is 6.81. The molecule has 2 fully saturated rings. The number of carbonyl (C=O) groups excluding carboxylic acids is 1. The predicted octanol–water partition coefficient (Wildman–Crippen LogP) is 0.717. The van der Waals surface area contributed by atoms with Gasteiger partial charge < -0.3 is 5.32 Å². The van der Waals surface area contributed by atoms with E-state index in [4.69, 9.17) is 0 Å². The lowest BCUT2D eigenvalue weighted by Gasteiger charge is -2.31. The highest BCUT2D eigenvalue weighted by atomic mass is 32.2. The molecule has 104 valence electrons. The van der Waals surface area contributed by atoms with Crippen molar-refractivity contribution >= 4 is 15.9 Å². The number of piperidine rings is 1. The minimum atomic E-state index is -3.16. The maximum atomic E-state index is 12.0. The third-order valence-electron chi connectivity index (χ3n) is 3.53. The van der Waals surface area contributed by atoms with Gasteiger partial charge in [-0.2, -0.15) is 0 Å². The van der Waals surface area contributed by atoms with Crippen molar-refractivity contribution in [1.29, 1.82) is 0 Å². The van der Waals surface area contributed by atoms with E-state index in [0.717, 1.165) is 25.7 Å². The summed E-state index contributed by atoms with van der Waals surface area (Å²) in [5, 5.41) is 2.97. The van der Waals surface area contributed by atoms with E-state index in [2.05, 4.69) is 5.32 Å². The van der Waals surface area contributed by atoms with Gasteiger partial charge in [0.15, 0.2) is 0 Å². The van der Waals surface area contributed by atoms with Gasteiger partial charge in [-0.25, -0.2) is 12.7 Å². The lowest BCUT2D eigenvalue weighted by molar-refractivity contribution is -0.126. The van der Waals surface area contributed by atoms with Crippen LogP contribution in [-0.4, -0.2) is 43.5 Å². The van der Waals surface area contributed by atoms with E-state index < -0.39 is 10.0 Å². The standard InChI is InChI=1S/C12H22N2O3S/c1-2-8-18(16,17)14-7-3-4-10(9-14)12(15)13-11-5-6-11/h10-11H,2-9H2,1H3,(H,13,15). The topological polar surface area (TPSA) is 66.5 Å². The van der Waals surface area contributed by atoms with Crippen LogP contribution in [-0.2, 0) is 14.8 Å². The highest BCUT2D eigenvalue weighted by molar-refractivity contribution is 7.89. The molecule has 0 aromatic heterocycles. The molecular weight excluding hydrogens is 252 g/mol. The van der Waals surface area contributed by atoms with Crippen LogP contribution in [0.15, 0.2) is 0 Å². The average Bonchev–Trinajstić information content (AvgIpc) is 3.13. The molecule has 1 saturated heterocycles. The summed E-state index contributed by atoms with van der Waals surface area (Å²) in [5.74, 6) is 0.0594. The van der Waals surface area contributed by atoms with Gasteiger partial charge in [-0.3, -0.25) is 4.79 Å². The number of amides is 1. The van der Waals surface area contributed by atoms with E-state index in [-0.39, 0.29) is 17.6 Å². The summed E-state index contributed by atoms with van der Waals surface area (Å²) in [7, 11) is -3.16. The van der Waals surface area contributed by atoms with Crippen molar-refractivity contribution < 1.29 is 13.2 Å². The first-order chi connectivity index (χ1) is 8.53. The zero-order valence-electron chi connectivity index (χ0n) is 10.9. The first-order valence-corrected chi connectivity index (χ1v) is 8.42. The number of sulfonamides is 1. The SMILES string of the molecule is CCCS(=O)(=O)N1CCCC(C(=O)NC2CC2)C1. The highest BCUT2D eigenvalue weighted by Gasteiger charge is 2.33. The summed E-state index contributed by atoms with van der Waals surface area (Å²) in [6.45, 7) is 2.79. The van der Waals surface area contributed by atoms with Gasteiger partial charge >= 0.3 is 0 Å². The summed E-state index contributed by atoms with van der Waals surface area (Å²) >= 11 is 0. The Morgan fingerprint density at radius 3 is 2.67 bits per heavy atom. The van der Waals surface area contributed by atoms with E-state index in [0.29, 0.717) is 25.6 Å². The largest absolute Gasteiger partial charge is 0.353 e. The molecule has 1 amide bonds. The molecule has 0 radical (unpaired) electrons. The Bertz CT molecular complexity index is 404. The Hall–Kier alpha value is -0.620. The van der Waals surface area contributed by atoms with E-state index >= 15 is 0 Å². The normalized spacial score (nSPS) is 25.9. The van der Waals surface area contributed by atoms with E-state index in [1.54, 1.807) is 0 Å². The second-order valence-electron chi connectivity index (χ2n) is 5.30. The summed E-state index contributed by atoms with van der Waals surface area (Å²) < 4.78 is 25.5. The van der Waals surface area contributed by atoms with Crippen molar-refractivity contribution in [2.75, 3.05) is 18.8 Å². The molecule has 0 bridgehead atoms. The third kappa shape index (κ3) is 3.45. The highest BCUT2D eigenvalue weighted by Crippen LogP contribution is 2.23. The fraction of sp³-hybridized carbons (Fsp3) is 0.917. The number of carbonyl (C=O) groups is 1. The summed E-state index contributed by atoms with van der Waals surface area (Å²) in [6.07, 6.45) is 4.34. The molecule has 1 saturated carbocycles. The van der Waals surface area contributed by atoms with Crippen LogP contribution in [0.25, 0.3) is 0 Å². The maximum absolute atomic E-state index is 12.0. The van der Waals surface area contributed by atoms with Crippen LogP contribution in [0.2, 0.25) is 0 Å². The van der Waals surface area contributed by atoms with Crippen molar-refractivity contribution in [3.63, 3.8) is 0 Å². The van der Waals surface area contributed by atoms with Gasteiger partial charge in [-0.05, 0) is 32.1 Å². The van der Waals surface area contributed by atoms with Gasteiger partial charge in [0.25, 0.3) is 0 Å². The van der Waals surface area contributed by atoms with Gasteiger partial charge in [-0.15, -0.1) is 0 Å². The monoisotopic (exact) mass is 274 g/mol. The number of nitrogens with zero attached hydrogens (tertiary/aromatic N) is 1. The lowest BCUT2D eigenvalue weighted by Crippen LogP contribution is -2.46. The second kappa shape index (κ2) is 5.57. The fourth-order valence-corrected chi connectivity index (χ4v) is 3.93. The molecule has 2 aliphatic rings. The molecule has 0 aromatic carbocycles. The van der Waals surface area contributed by atoms with Crippen molar-refractivity contribution in [2.45, 2.75) is 45.1 Å². The van der Waals surface area contributed by atoms with Crippen molar-refractivity contribution in [3.05, 3.63) is 0 Å². The zero-order valence-corrected chi connectivity index (χ0v) is 11.7. The minimum Gasteiger partial charge on any atom is -0.353 e. The van der Waals surface area contributed by atoms with Gasteiger partial charge in [0.05, 0.1) is 11.7 Å². The van der Waals surface area contributed by atoms with E-state index in [1.165, 1.54) is 4.31 Å². The van der Waals surface area contributed by atoms with Crippen LogP contribution in [0.4, 0.5) is 0 Å². The smallest absolute Gasteiger partial charge is 0.224 e. The molecule has 1 unspecified atom stereocenters. The van der Waals surface area contributed by atoms with Crippen LogP contribution in [0.1, 0.15) is 39.0 Å². The summed E-state index contributed by atoms with van der Waals surface area (Å²) in [4.78, 5) is 11.9. The quantitative estimate of drug-likeness (QED) is 0.803. The third-order valence-corrected chi connectivity index (χ3v) is 5.58. The number of nitrogens with one attached hydrogen (secondary N) is 1. The molecule has 2 rings (SSSR count). The zero-order chi connectivity index (χ0) is 13.2. The molecule has 1 atom stereocenters. The lowest BCUT2D eigenvalue weighted by atomic mass is 9.99. The number of rotatable bonds is 5. The Balaban J connectivity index is 1.93. The molecule has 0 spiro atoms. The second-order valence-corrected chi connectivity index (χ2v) is 7.38. The Morgan fingerprint density at radius 1 is 1.33 bits per heavy atom. The number of hydrogen-bond donors (Lipinski definition) is 1. The molecule has 18 heavy (non-hydrogen) atoms. The molecular formula is C12H22N2O3S. The Morgan fingerprint density at radius 2 is 2.06 bits per heavy atom. The predicted molar refractivity (Wildman–Crippen MR) is 69.5 cm³/mol. The van der Waals surface area contributed by atoms with Crippen LogP contribution in [0, 0.1) is 5.92 Å². The van der Waals surface area contributed by atoms with E-state index in [1.807, 2.05) is 6.92 Å². The molecule has 1 N–H and O–H groups in total. The van der Waals surface area contributed by atoms with Gasteiger partial charge in [0.1, 0.15) is 0 Å². The molecule has 1 aliphatic heterocycles. The van der Waals surface area contributed by atoms with Crippen molar-refractivity contribution in [1.82, 2.24) is 9.62 Å². The molecule has 6 heteroatoms. The molecule has 5 nitrogen and oxygen atoms in total. The Kier molecular flexibility index (Phi) is 4.27. The molecule has 0 aromatic rings. The van der Waals surface area contributed by atoms with Crippen molar-refractivity contribution in [3.8, 4) is 0 Å². The fourth-order valence-electron chi connectivity index (χ4n) is 2.34. The van der Waals surface area contributed by atoms with Crippen molar-refractivity contribution in [2.24, 2.45) is 5.92 Å². The van der Waals surface area contributed by atoms with Gasteiger partial charge in [0.2, 0.25) is 15.9 Å². The summed E-state index contributed by atoms with van der Waals surface area (Å²) in [6, 6.07) is 0.347. The van der Waals surface area contributed by atoms with Crippen LogP contribution >= 0.6 is 0 Å². The average molecular weight is 274 g/mol. The molecule has 1 heterocycles. The minimum absolute atomic E-state index is 0.0360. The Labute approximate surface area is 109 Å². The van der Waals surface area contributed by atoms with Crippen LogP contribution in [0.3, 0.4) is 0 Å². The van der Waals surface area contributed by atoms with Crippen LogP contribution < -0.4 is 5.32 Å². The number of hydrogen-bond acceptors (Lipinski definition) is 3. The maximum Gasteiger partial charge on any atom is 0.224 e. The molecule has 1 aliphatic carbocycles. The van der Waals surface area contributed by atoms with E-state index in [9.17, 15) is 13.2 Å². The van der Waals surface area contributed by atoms with Gasteiger partial charge in [0, 0.05) is 19.1 Å². The van der Waals surface area contributed by atoms with Crippen LogP contribution in [0.5, 0.6) is 0 Å². The first kappa shape index (κ1) is 13.8. The summed E-state index contributed by atoms with van der Waals surface area (Å²) in [5.41, 5.74) is 0.